The number of hydrogen-bond acceptors (Lipinski definition) is 1. The van der Waals surface area contributed by atoms with E-state index >= 15 is 0 Å². The molecule has 1 amide bonds. The second-order valence-corrected chi connectivity index (χ2v) is 6.24. The summed E-state index contributed by atoms with van der Waals surface area (Å²) in [6.07, 6.45) is 2.92. The predicted molar refractivity (Wildman–Crippen MR) is 90.3 cm³/mol. The van der Waals surface area contributed by atoms with Crippen LogP contribution in [-0.4, -0.2) is 10.9 Å². The maximum absolute atomic E-state index is 12.2. The summed E-state index contributed by atoms with van der Waals surface area (Å²) in [7, 11) is 0. The van der Waals surface area contributed by atoms with Crippen LogP contribution in [0.25, 0.3) is 11.6 Å². The quantitative estimate of drug-likeness (QED) is 0.776. The summed E-state index contributed by atoms with van der Waals surface area (Å²) in [4.78, 5) is 15.6. The molecule has 3 nitrogen and oxygen atoms in total. The molecule has 2 heterocycles. The van der Waals surface area contributed by atoms with Crippen molar-refractivity contribution in [2.24, 2.45) is 0 Å². The second kappa shape index (κ2) is 5.19. The first kappa shape index (κ1) is 14.1. The van der Waals surface area contributed by atoms with E-state index in [1.165, 1.54) is 16.8 Å². The highest BCUT2D eigenvalue weighted by atomic mass is 79.9. The zero-order valence-electron chi connectivity index (χ0n) is 12.3. The lowest BCUT2D eigenvalue weighted by atomic mass is 10.0. The molecular weight excluding hydrogens is 328 g/mol. The number of nitrogens with one attached hydrogen (secondary N) is 2. The average Bonchev–Trinajstić information content (AvgIpc) is 2.91. The third kappa shape index (κ3) is 2.33. The maximum Gasteiger partial charge on any atom is 0.256 e. The number of carbonyl (C=O) groups is 1. The van der Waals surface area contributed by atoms with Crippen molar-refractivity contribution in [2.45, 2.75) is 27.2 Å². The van der Waals surface area contributed by atoms with Gasteiger partial charge in [0, 0.05) is 27.1 Å². The van der Waals surface area contributed by atoms with Crippen molar-refractivity contribution >= 4 is 39.2 Å². The molecule has 1 aromatic heterocycles. The van der Waals surface area contributed by atoms with Crippen LogP contribution in [0.15, 0.2) is 22.7 Å². The molecule has 0 radical (unpaired) electrons. The summed E-state index contributed by atoms with van der Waals surface area (Å²) in [5.41, 5.74) is 7.24. The zero-order valence-corrected chi connectivity index (χ0v) is 13.9. The Morgan fingerprint density at radius 2 is 2.00 bits per heavy atom. The molecule has 0 spiro atoms. The maximum atomic E-state index is 12.2. The molecule has 1 aliphatic heterocycles. The third-order valence-electron chi connectivity index (χ3n) is 4.11. The molecule has 4 heteroatoms. The molecule has 2 aromatic rings. The van der Waals surface area contributed by atoms with Gasteiger partial charge in [-0.1, -0.05) is 22.9 Å². The number of aromatic amines is 1. The highest BCUT2D eigenvalue weighted by Gasteiger charge is 2.24. The molecular formula is C17H17BrN2O. The molecule has 0 fully saturated rings. The van der Waals surface area contributed by atoms with Crippen molar-refractivity contribution in [3.8, 4) is 0 Å². The van der Waals surface area contributed by atoms with E-state index in [2.05, 4.69) is 47.0 Å². The van der Waals surface area contributed by atoms with Gasteiger partial charge in [-0.3, -0.25) is 4.79 Å². The van der Waals surface area contributed by atoms with Crippen molar-refractivity contribution in [3.63, 3.8) is 0 Å². The molecule has 0 aliphatic carbocycles. The Balaban J connectivity index is 2.13. The first-order valence-corrected chi connectivity index (χ1v) is 7.81. The number of rotatable bonds is 2. The molecule has 0 unspecified atom stereocenters. The van der Waals surface area contributed by atoms with Crippen molar-refractivity contribution in [2.75, 3.05) is 5.32 Å². The van der Waals surface area contributed by atoms with Gasteiger partial charge in [-0.15, -0.1) is 0 Å². The van der Waals surface area contributed by atoms with Gasteiger partial charge in [0.05, 0.1) is 5.57 Å². The Morgan fingerprint density at radius 1 is 1.24 bits per heavy atom. The summed E-state index contributed by atoms with van der Waals surface area (Å²) < 4.78 is 0.970. The fraction of sp³-hybridized carbons (Fsp3) is 0.235. The molecule has 0 atom stereocenters. The molecule has 0 saturated carbocycles. The van der Waals surface area contributed by atoms with E-state index in [1.54, 1.807) is 0 Å². The minimum absolute atomic E-state index is 0.0483. The van der Waals surface area contributed by atoms with Crippen LogP contribution >= 0.6 is 15.9 Å². The second-order valence-electron chi connectivity index (χ2n) is 5.32. The van der Waals surface area contributed by atoms with Gasteiger partial charge in [-0.2, -0.15) is 0 Å². The number of benzene rings is 1. The Hall–Kier alpha value is -1.81. The standard InChI is InChI=1S/C17H17BrN2O/c1-4-14-9(2)10(3)16(19-14)8-13-12-7-11(18)5-6-15(12)20-17(13)21/h5-8,19H,4H2,1-3H3,(H,20,21)/b13-8-. The molecule has 2 N–H and O–H groups in total. The number of H-pyrrole nitrogens is 1. The van der Waals surface area contributed by atoms with E-state index in [-0.39, 0.29) is 5.91 Å². The minimum Gasteiger partial charge on any atom is -0.358 e. The monoisotopic (exact) mass is 344 g/mol. The number of anilines is 1. The number of fused-ring (bicyclic) bond motifs is 1. The van der Waals surface area contributed by atoms with Crippen LogP contribution in [0, 0.1) is 13.8 Å². The molecule has 1 aliphatic rings. The molecule has 108 valence electrons. The SMILES string of the molecule is CCc1[nH]c(/C=C2\C(=O)Nc3ccc(Br)cc32)c(C)c1C. The van der Waals surface area contributed by atoms with Crippen LogP contribution in [-0.2, 0) is 11.2 Å². The smallest absolute Gasteiger partial charge is 0.256 e. The fourth-order valence-corrected chi connectivity index (χ4v) is 3.09. The molecule has 1 aromatic carbocycles. The zero-order chi connectivity index (χ0) is 15.1. The largest absolute Gasteiger partial charge is 0.358 e. The molecule has 0 saturated heterocycles. The van der Waals surface area contributed by atoms with Crippen molar-refractivity contribution in [1.29, 1.82) is 0 Å². The Labute approximate surface area is 132 Å². The normalized spacial score (nSPS) is 15.4. The van der Waals surface area contributed by atoms with Gasteiger partial charge in [0.1, 0.15) is 0 Å². The number of hydrogen-bond donors (Lipinski definition) is 2. The predicted octanol–water partition coefficient (Wildman–Crippen LogP) is 4.45. The van der Waals surface area contributed by atoms with Gasteiger partial charge >= 0.3 is 0 Å². The van der Waals surface area contributed by atoms with E-state index < -0.39 is 0 Å². The van der Waals surface area contributed by atoms with Crippen molar-refractivity contribution in [1.82, 2.24) is 4.98 Å². The summed E-state index contributed by atoms with van der Waals surface area (Å²) in [5.74, 6) is -0.0483. The van der Waals surface area contributed by atoms with Gasteiger partial charge in [-0.25, -0.2) is 0 Å². The van der Waals surface area contributed by atoms with Gasteiger partial charge in [-0.05, 0) is 55.7 Å². The minimum atomic E-state index is -0.0483. The third-order valence-corrected chi connectivity index (χ3v) is 4.60. The number of aryl methyl sites for hydroxylation is 1. The number of aromatic nitrogens is 1. The number of amides is 1. The van der Waals surface area contributed by atoms with E-state index in [0.717, 1.165) is 27.8 Å². The highest BCUT2D eigenvalue weighted by molar-refractivity contribution is 9.10. The topological polar surface area (TPSA) is 44.9 Å². The van der Waals surface area contributed by atoms with Crippen LogP contribution < -0.4 is 5.32 Å². The number of carbonyl (C=O) groups excluding carboxylic acids is 1. The summed E-state index contributed by atoms with van der Waals surface area (Å²) >= 11 is 3.47. The van der Waals surface area contributed by atoms with Crippen molar-refractivity contribution in [3.05, 3.63) is 50.8 Å². The lowest BCUT2D eigenvalue weighted by molar-refractivity contribution is -0.110. The molecule has 21 heavy (non-hydrogen) atoms. The van der Waals surface area contributed by atoms with Gasteiger partial charge in [0.2, 0.25) is 0 Å². The Morgan fingerprint density at radius 3 is 2.67 bits per heavy atom. The summed E-state index contributed by atoms with van der Waals surface area (Å²) in [5, 5.41) is 2.91. The first-order valence-electron chi connectivity index (χ1n) is 7.02. The van der Waals surface area contributed by atoms with E-state index in [1.807, 2.05) is 24.3 Å². The number of halogens is 1. The lowest BCUT2D eigenvalue weighted by Gasteiger charge is -1.99. The fourth-order valence-electron chi connectivity index (χ4n) is 2.72. The van der Waals surface area contributed by atoms with Gasteiger partial charge in [0.25, 0.3) is 5.91 Å². The average molecular weight is 345 g/mol. The van der Waals surface area contributed by atoms with Gasteiger partial charge < -0.3 is 10.3 Å². The van der Waals surface area contributed by atoms with Gasteiger partial charge in [0.15, 0.2) is 0 Å². The van der Waals surface area contributed by atoms with E-state index in [4.69, 9.17) is 0 Å². The summed E-state index contributed by atoms with van der Waals surface area (Å²) in [6, 6.07) is 5.83. The Kier molecular flexibility index (Phi) is 3.49. The van der Waals surface area contributed by atoms with Crippen LogP contribution in [0.2, 0.25) is 0 Å². The first-order chi connectivity index (χ1) is 10.0. The summed E-state index contributed by atoms with van der Waals surface area (Å²) in [6.45, 7) is 6.34. The van der Waals surface area contributed by atoms with Crippen LogP contribution in [0.4, 0.5) is 5.69 Å². The molecule has 0 bridgehead atoms. The van der Waals surface area contributed by atoms with Crippen LogP contribution in [0.1, 0.15) is 35.0 Å². The van der Waals surface area contributed by atoms with E-state index in [9.17, 15) is 4.79 Å². The van der Waals surface area contributed by atoms with Crippen molar-refractivity contribution < 1.29 is 4.79 Å². The van der Waals surface area contributed by atoms with Crippen LogP contribution in [0.3, 0.4) is 0 Å². The highest BCUT2D eigenvalue weighted by Crippen LogP contribution is 2.35. The lowest BCUT2D eigenvalue weighted by Crippen LogP contribution is -2.03. The Bertz CT molecular complexity index is 771. The van der Waals surface area contributed by atoms with Crippen LogP contribution in [0.5, 0.6) is 0 Å². The molecule has 3 rings (SSSR count). The van der Waals surface area contributed by atoms with E-state index in [0.29, 0.717) is 5.57 Å².